The highest BCUT2D eigenvalue weighted by atomic mass is 35.5. The van der Waals surface area contributed by atoms with Gasteiger partial charge in [-0.1, -0.05) is 11.6 Å². The zero-order valence-electron chi connectivity index (χ0n) is 12.4. The van der Waals surface area contributed by atoms with E-state index >= 15 is 0 Å². The number of halogens is 1. The molecule has 0 atom stereocenters. The summed E-state index contributed by atoms with van der Waals surface area (Å²) in [4.78, 5) is 24.4. The van der Waals surface area contributed by atoms with Crippen LogP contribution in [0, 0.1) is 0 Å². The summed E-state index contributed by atoms with van der Waals surface area (Å²) in [5.41, 5.74) is 1.15. The van der Waals surface area contributed by atoms with Crippen LogP contribution in [0.4, 0.5) is 0 Å². The molecule has 1 aliphatic rings. The quantitative estimate of drug-likeness (QED) is 0.678. The molecule has 0 bridgehead atoms. The zero-order valence-corrected chi connectivity index (χ0v) is 14.0. The van der Waals surface area contributed by atoms with Gasteiger partial charge in [-0.05, 0) is 31.9 Å². The molecule has 4 rings (SSSR count). The lowest BCUT2D eigenvalue weighted by atomic mass is 10.4. The van der Waals surface area contributed by atoms with E-state index in [1.54, 1.807) is 6.92 Å². The van der Waals surface area contributed by atoms with E-state index in [-0.39, 0.29) is 18.7 Å². The molecule has 0 aliphatic heterocycles. The molecule has 1 saturated carbocycles. The van der Waals surface area contributed by atoms with Gasteiger partial charge < -0.3 is 4.74 Å². The molecule has 0 unspecified atom stereocenters. The molecule has 0 saturated heterocycles. The number of thiophene rings is 1. The fourth-order valence-electron chi connectivity index (χ4n) is 2.75. The maximum Gasteiger partial charge on any atom is 0.327 e. The molecule has 1 fully saturated rings. The van der Waals surface area contributed by atoms with Crippen molar-refractivity contribution in [3.8, 4) is 0 Å². The molecular weight excluding hydrogens is 338 g/mol. The molecule has 0 aromatic carbocycles. The Morgan fingerprint density at radius 1 is 1.43 bits per heavy atom. The molecule has 0 amide bonds. The predicted molar refractivity (Wildman–Crippen MR) is 88.5 cm³/mol. The van der Waals surface area contributed by atoms with Gasteiger partial charge in [0.25, 0.3) is 5.56 Å². The molecule has 8 heteroatoms. The highest BCUT2D eigenvalue weighted by Gasteiger charge is 2.30. The van der Waals surface area contributed by atoms with Crippen molar-refractivity contribution in [2.24, 2.45) is 0 Å². The lowest BCUT2D eigenvalue weighted by Crippen LogP contribution is -2.30. The Kier molecular flexibility index (Phi) is 3.42. The second-order valence-corrected chi connectivity index (χ2v) is 7.28. The van der Waals surface area contributed by atoms with Gasteiger partial charge in [-0.3, -0.25) is 14.0 Å². The van der Waals surface area contributed by atoms with Crippen LogP contribution in [0.2, 0.25) is 4.34 Å². The molecular formula is C15H14ClN3O3S. The third kappa shape index (κ3) is 2.44. The lowest BCUT2D eigenvalue weighted by Gasteiger charge is -2.10. The second kappa shape index (κ2) is 5.35. The van der Waals surface area contributed by atoms with Crippen LogP contribution in [0.5, 0.6) is 0 Å². The molecule has 0 radical (unpaired) electrons. The predicted octanol–water partition coefficient (Wildman–Crippen LogP) is 2.80. The van der Waals surface area contributed by atoms with Crippen molar-refractivity contribution < 1.29 is 9.53 Å². The minimum absolute atomic E-state index is 0.164. The summed E-state index contributed by atoms with van der Waals surface area (Å²) in [6.45, 7) is 1.85. The van der Waals surface area contributed by atoms with Crippen molar-refractivity contribution in [3.63, 3.8) is 0 Å². The van der Waals surface area contributed by atoms with Gasteiger partial charge in [0.2, 0.25) is 0 Å². The van der Waals surface area contributed by atoms with Crippen LogP contribution < -0.4 is 5.56 Å². The SMILES string of the molecule is CCOC(=O)Cn1nc(C2CC2)n2c(cc3sc(Cl)cc32)c1=O. The monoisotopic (exact) mass is 351 g/mol. The van der Waals surface area contributed by atoms with Gasteiger partial charge in [0.05, 0.1) is 21.2 Å². The molecule has 23 heavy (non-hydrogen) atoms. The Labute approximate surface area is 140 Å². The average Bonchev–Trinajstić information content (AvgIpc) is 3.19. The summed E-state index contributed by atoms with van der Waals surface area (Å²) < 4.78 is 9.66. The van der Waals surface area contributed by atoms with E-state index in [0.29, 0.717) is 15.8 Å². The van der Waals surface area contributed by atoms with Crippen molar-refractivity contribution in [2.45, 2.75) is 32.2 Å². The molecule has 0 N–H and O–H groups in total. The number of hydrogen-bond donors (Lipinski definition) is 0. The standard InChI is InChI=1S/C15H14ClN3O3S/c1-2-22-13(20)7-18-15(21)10-5-11-9(6-12(16)23-11)19(10)14(17-18)8-3-4-8/h5-6,8H,2-4,7H2,1H3. The Balaban J connectivity index is 1.94. The minimum atomic E-state index is -0.454. The van der Waals surface area contributed by atoms with Gasteiger partial charge in [-0.2, -0.15) is 5.10 Å². The molecule has 3 aromatic rings. The van der Waals surface area contributed by atoms with Crippen molar-refractivity contribution in [2.75, 3.05) is 6.61 Å². The summed E-state index contributed by atoms with van der Waals surface area (Å²) in [7, 11) is 0. The Morgan fingerprint density at radius 2 is 2.22 bits per heavy atom. The van der Waals surface area contributed by atoms with Crippen LogP contribution in [0.15, 0.2) is 16.9 Å². The van der Waals surface area contributed by atoms with Gasteiger partial charge >= 0.3 is 5.97 Å². The summed E-state index contributed by atoms with van der Waals surface area (Å²) in [5, 5.41) is 4.44. The number of carbonyl (C=O) groups is 1. The highest BCUT2D eigenvalue weighted by molar-refractivity contribution is 7.22. The second-order valence-electron chi connectivity index (χ2n) is 5.57. The first-order valence-corrected chi connectivity index (χ1v) is 8.65. The van der Waals surface area contributed by atoms with Crippen LogP contribution in [0.3, 0.4) is 0 Å². The van der Waals surface area contributed by atoms with Gasteiger partial charge in [-0.25, -0.2) is 4.68 Å². The van der Waals surface area contributed by atoms with E-state index in [9.17, 15) is 9.59 Å². The smallest absolute Gasteiger partial charge is 0.327 e. The molecule has 0 spiro atoms. The maximum absolute atomic E-state index is 12.7. The third-order valence-electron chi connectivity index (χ3n) is 3.89. The first kappa shape index (κ1) is 14.7. The number of aromatic nitrogens is 3. The maximum atomic E-state index is 12.7. The van der Waals surface area contributed by atoms with Crippen molar-refractivity contribution in [1.29, 1.82) is 0 Å². The molecule has 120 valence electrons. The number of nitrogens with zero attached hydrogens (tertiary/aromatic N) is 3. The minimum Gasteiger partial charge on any atom is -0.465 e. The first-order valence-electron chi connectivity index (χ1n) is 7.45. The highest BCUT2D eigenvalue weighted by Crippen LogP contribution is 2.41. The summed E-state index contributed by atoms with van der Waals surface area (Å²) in [5.74, 6) is 0.679. The largest absolute Gasteiger partial charge is 0.465 e. The fourth-order valence-corrected chi connectivity index (χ4v) is 3.91. The first-order chi connectivity index (χ1) is 11.1. The average molecular weight is 352 g/mol. The van der Waals surface area contributed by atoms with Gasteiger partial charge in [0, 0.05) is 5.92 Å². The van der Waals surface area contributed by atoms with E-state index < -0.39 is 5.97 Å². The molecule has 3 aromatic heterocycles. The number of rotatable bonds is 4. The van der Waals surface area contributed by atoms with Crippen LogP contribution in [0.1, 0.15) is 31.5 Å². The molecule has 1 aliphatic carbocycles. The van der Waals surface area contributed by atoms with E-state index in [4.69, 9.17) is 16.3 Å². The number of ether oxygens (including phenoxy) is 1. The number of fused-ring (bicyclic) bond motifs is 3. The number of carbonyl (C=O) groups excluding carboxylic acids is 1. The van der Waals surface area contributed by atoms with Crippen molar-refractivity contribution >= 4 is 44.6 Å². The normalized spacial score (nSPS) is 14.7. The van der Waals surface area contributed by atoms with E-state index in [1.165, 1.54) is 16.0 Å². The Morgan fingerprint density at radius 3 is 2.91 bits per heavy atom. The van der Waals surface area contributed by atoms with E-state index in [1.807, 2.05) is 16.5 Å². The summed E-state index contributed by atoms with van der Waals surface area (Å²) >= 11 is 7.52. The van der Waals surface area contributed by atoms with Gasteiger partial charge in [-0.15, -0.1) is 11.3 Å². The Bertz CT molecular complexity index is 983. The summed E-state index contributed by atoms with van der Waals surface area (Å²) in [6.07, 6.45) is 2.08. The van der Waals surface area contributed by atoms with Crippen molar-refractivity contribution in [1.82, 2.24) is 14.2 Å². The van der Waals surface area contributed by atoms with Gasteiger partial charge in [0.15, 0.2) is 0 Å². The number of esters is 1. The topological polar surface area (TPSA) is 65.6 Å². The Hall–Kier alpha value is -1.86. The van der Waals surface area contributed by atoms with Crippen LogP contribution in [0.25, 0.3) is 15.7 Å². The lowest BCUT2D eigenvalue weighted by molar-refractivity contribution is -0.144. The van der Waals surface area contributed by atoms with E-state index in [0.717, 1.165) is 28.9 Å². The van der Waals surface area contributed by atoms with Crippen molar-refractivity contribution in [3.05, 3.63) is 32.6 Å². The van der Waals surface area contributed by atoms with Gasteiger partial charge in [0.1, 0.15) is 17.9 Å². The van der Waals surface area contributed by atoms with Crippen LogP contribution in [-0.4, -0.2) is 26.8 Å². The van der Waals surface area contributed by atoms with Crippen LogP contribution >= 0.6 is 22.9 Å². The van der Waals surface area contributed by atoms with Crippen LogP contribution in [-0.2, 0) is 16.1 Å². The summed E-state index contributed by atoms with van der Waals surface area (Å²) in [6, 6.07) is 3.68. The zero-order chi connectivity index (χ0) is 16.1. The fraction of sp³-hybridized carbons (Fsp3) is 0.400. The van der Waals surface area contributed by atoms with E-state index in [2.05, 4.69) is 5.10 Å². The molecule has 6 nitrogen and oxygen atoms in total. The number of hydrogen-bond acceptors (Lipinski definition) is 5. The third-order valence-corrected chi connectivity index (χ3v) is 5.09. The molecule has 3 heterocycles.